The van der Waals surface area contributed by atoms with Gasteiger partial charge in [0.2, 0.25) is 5.91 Å². The lowest BCUT2D eigenvalue weighted by Gasteiger charge is -2.30. The molecule has 0 spiro atoms. The van der Waals surface area contributed by atoms with Gasteiger partial charge in [-0.25, -0.2) is 0 Å². The van der Waals surface area contributed by atoms with Crippen molar-refractivity contribution in [1.29, 1.82) is 0 Å². The fourth-order valence-electron chi connectivity index (χ4n) is 2.88. The molecule has 1 unspecified atom stereocenters. The van der Waals surface area contributed by atoms with E-state index in [1.54, 1.807) is 18.1 Å². The Labute approximate surface area is 136 Å². The molecule has 1 atom stereocenters. The number of carboxylic acid groups (broad SMARTS) is 1. The molecule has 0 saturated carbocycles. The van der Waals surface area contributed by atoms with Crippen LogP contribution in [0.15, 0.2) is 35.9 Å². The predicted octanol–water partition coefficient (Wildman–Crippen LogP) is 2.51. The van der Waals surface area contributed by atoms with Crippen LogP contribution in [0, 0.1) is 5.92 Å². The van der Waals surface area contributed by atoms with Crippen molar-refractivity contribution in [2.24, 2.45) is 5.92 Å². The molecule has 2 rings (SSSR count). The summed E-state index contributed by atoms with van der Waals surface area (Å²) >= 11 is 0. The van der Waals surface area contributed by atoms with E-state index in [0.29, 0.717) is 25.9 Å². The summed E-state index contributed by atoms with van der Waals surface area (Å²) in [5.41, 5.74) is 1.95. The number of nitrogens with zero attached hydrogens (tertiary/aromatic N) is 1. The topological polar surface area (TPSA) is 66.8 Å². The van der Waals surface area contributed by atoms with Crippen LogP contribution in [-0.2, 0) is 16.0 Å². The predicted molar refractivity (Wildman–Crippen MR) is 87.4 cm³/mol. The van der Waals surface area contributed by atoms with E-state index in [-0.39, 0.29) is 5.91 Å². The van der Waals surface area contributed by atoms with Crippen LogP contribution in [0.3, 0.4) is 0 Å². The number of carbonyl (C=O) groups excluding carboxylic acids is 1. The largest absolute Gasteiger partial charge is 0.496 e. The fraction of sp³-hybridized carbons (Fsp3) is 0.444. The average Bonchev–Trinajstić information content (AvgIpc) is 2.55. The molecule has 1 fully saturated rings. The van der Waals surface area contributed by atoms with Gasteiger partial charge in [-0.2, -0.15) is 0 Å². The molecule has 0 bridgehead atoms. The maximum absolute atomic E-state index is 12.3. The molecule has 124 valence electrons. The van der Waals surface area contributed by atoms with Crippen LogP contribution < -0.4 is 4.74 Å². The highest BCUT2D eigenvalue weighted by atomic mass is 16.5. The third kappa shape index (κ3) is 4.58. The first-order valence-electron chi connectivity index (χ1n) is 7.82. The lowest BCUT2D eigenvalue weighted by molar-refractivity contribution is -0.144. The summed E-state index contributed by atoms with van der Waals surface area (Å²) in [7, 11) is 1.63. The summed E-state index contributed by atoms with van der Waals surface area (Å²) in [6, 6.07) is 7.72. The Morgan fingerprint density at radius 3 is 2.83 bits per heavy atom. The first-order valence-corrected chi connectivity index (χ1v) is 7.82. The third-order valence-corrected chi connectivity index (χ3v) is 4.11. The molecular formula is C18H23NO4. The molecule has 0 radical (unpaired) electrons. The van der Waals surface area contributed by atoms with E-state index < -0.39 is 11.9 Å². The van der Waals surface area contributed by atoms with E-state index in [1.165, 1.54) is 0 Å². The molecule has 1 aromatic carbocycles. The number of carbonyl (C=O) groups is 2. The zero-order valence-corrected chi connectivity index (χ0v) is 13.6. The Morgan fingerprint density at radius 2 is 2.13 bits per heavy atom. The molecule has 1 aliphatic heterocycles. The molecule has 1 N–H and O–H groups in total. The number of benzene rings is 1. The molecule has 5 nitrogen and oxygen atoms in total. The number of allylic oxidation sites excluding steroid dienone is 1. The summed E-state index contributed by atoms with van der Waals surface area (Å²) < 4.78 is 5.32. The number of methoxy groups -OCH3 is 1. The Hall–Kier alpha value is -2.30. The lowest BCUT2D eigenvalue weighted by atomic mass is 9.98. The van der Waals surface area contributed by atoms with Crippen LogP contribution in [0.4, 0.5) is 0 Å². The zero-order valence-electron chi connectivity index (χ0n) is 13.6. The van der Waals surface area contributed by atoms with Gasteiger partial charge in [-0.1, -0.05) is 23.8 Å². The lowest BCUT2D eigenvalue weighted by Crippen LogP contribution is -2.41. The number of aliphatic carboxylic acids is 1. The van der Waals surface area contributed by atoms with Gasteiger partial charge in [-0.05, 0) is 37.8 Å². The zero-order chi connectivity index (χ0) is 16.8. The molecule has 1 amide bonds. The van der Waals surface area contributed by atoms with Gasteiger partial charge in [0.25, 0.3) is 0 Å². The first-order chi connectivity index (χ1) is 11.0. The highest BCUT2D eigenvalue weighted by molar-refractivity contribution is 5.88. The van der Waals surface area contributed by atoms with Crippen LogP contribution in [0.25, 0.3) is 0 Å². The highest BCUT2D eigenvalue weighted by Crippen LogP contribution is 2.21. The van der Waals surface area contributed by atoms with Crippen molar-refractivity contribution in [3.8, 4) is 5.75 Å². The van der Waals surface area contributed by atoms with E-state index >= 15 is 0 Å². The second kappa shape index (κ2) is 7.81. The monoisotopic (exact) mass is 317 g/mol. The fourth-order valence-corrected chi connectivity index (χ4v) is 2.88. The number of rotatable bonds is 5. The number of hydrogen-bond donors (Lipinski definition) is 1. The van der Waals surface area contributed by atoms with E-state index in [9.17, 15) is 9.59 Å². The van der Waals surface area contributed by atoms with Gasteiger partial charge in [0, 0.05) is 19.2 Å². The van der Waals surface area contributed by atoms with Crippen molar-refractivity contribution >= 4 is 11.9 Å². The number of piperidine rings is 1. The molecule has 1 heterocycles. The summed E-state index contributed by atoms with van der Waals surface area (Å²) in [5, 5.41) is 9.10. The van der Waals surface area contributed by atoms with Gasteiger partial charge in [0.05, 0.1) is 13.0 Å². The quantitative estimate of drug-likeness (QED) is 0.847. The summed E-state index contributed by atoms with van der Waals surface area (Å²) in [6.07, 6.45) is 3.62. The van der Waals surface area contributed by atoms with E-state index in [0.717, 1.165) is 23.3 Å². The molecule has 1 saturated heterocycles. The first kappa shape index (κ1) is 17.1. The average molecular weight is 317 g/mol. The smallest absolute Gasteiger partial charge is 0.308 e. The molecular weight excluding hydrogens is 294 g/mol. The standard InChI is InChI=1S/C18H23NO4/c1-13(10-14-6-3-4-8-16(14)23-2)11-17(20)19-9-5-7-15(12-19)18(21)22/h3-4,6,8,11,15H,5,7,9-10,12H2,1-2H3,(H,21,22). The molecule has 1 aliphatic rings. The van der Waals surface area contributed by atoms with Crippen LogP contribution in [0.2, 0.25) is 0 Å². The third-order valence-electron chi connectivity index (χ3n) is 4.11. The minimum atomic E-state index is -0.822. The van der Waals surface area contributed by atoms with Crippen molar-refractivity contribution in [2.45, 2.75) is 26.2 Å². The van der Waals surface area contributed by atoms with Crippen LogP contribution in [-0.4, -0.2) is 42.1 Å². The van der Waals surface area contributed by atoms with Crippen molar-refractivity contribution < 1.29 is 19.4 Å². The maximum Gasteiger partial charge on any atom is 0.308 e. The van der Waals surface area contributed by atoms with Gasteiger partial charge in [0.15, 0.2) is 0 Å². The molecule has 1 aromatic rings. The minimum Gasteiger partial charge on any atom is -0.496 e. The van der Waals surface area contributed by atoms with Crippen LogP contribution in [0.1, 0.15) is 25.3 Å². The Kier molecular flexibility index (Phi) is 5.79. The van der Waals surface area contributed by atoms with E-state index in [2.05, 4.69) is 0 Å². The van der Waals surface area contributed by atoms with E-state index in [1.807, 2.05) is 31.2 Å². The second-order valence-corrected chi connectivity index (χ2v) is 5.94. The Balaban J connectivity index is 2.02. The molecule has 23 heavy (non-hydrogen) atoms. The minimum absolute atomic E-state index is 0.108. The van der Waals surface area contributed by atoms with Crippen molar-refractivity contribution in [3.05, 3.63) is 41.5 Å². The Morgan fingerprint density at radius 1 is 1.39 bits per heavy atom. The number of ether oxygens (including phenoxy) is 1. The molecule has 5 heteroatoms. The van der Waals surface area contributed by atoms with Gasteiger partial charge in [0.1, 0.15) is 5.75 Å². The van der Waals surface area contributed by atoms with Crippen molar-refractivity contribution in [1.82, 2.24) is 4.90 Å². The van der Waals surface area contributed by atoms with Gasteiger partial charge >= 0.3 is 5.97 Å². The number of hydrogen-bond acceptors (Lipinski definition) is 3. The number of para-hydroxylation sites is 1. The summed E-state index contributed by atoms with van der Waals surface area (Å²) in [4.78, 5) is 25.1. The second-order valence-electron chi connectivity index (χ2n) is 5.94. The van der Waals surface area contributed by atoms with Gasteiger partial charge < -0.3 is 14.7 Å². The van der Waals surface area contributed by atoms with Gasteiger partial charge in [-0.15, -0.1) is 0 Å². The Bertz CT molecular complexity index is 609. The summed E-state index contributed by atoms with van der Waals surface area (Å²) in [5.74, 6) is -0.576. The normalized spacial score (nSPS) is 18.6. The van der Waals surface area contributed by atoms with Gasteiger partial charge in [-0.3, -0.25) is 9.59 Å². The van der Waals surface area contributed by atoms with Crippen LogP contribution in [0.5, 0.6) is 5.75 Å². The highest BCUT2D eigenvalue weighted by Gasteiger charge is 2.27. The SMILES string of the molecule is COc1ccccc1CC(C)=CC(=O)N1CCCC(C(=O)O)C1. The summed E-state index contributed by atoms with van der Waals surface area (Å²) in [6.45, 7) is 2.83. The van der Waals surface area contributed by atoms with Crippen molar-refractivity contribution in [2.75, 3.05) is 20.2 Å². The number of amides is 1. The number of likely N-dealkylation sites (tertiary alicyclic amines) is 1. The number of carboxylic acids is 1. The maximum atomic E-state index is 12.3. The van der Waals surface area contributed by atoms with Crippen LogP contribution >= 0.6 is 0 Å². The molecule has 0 aliphatic carbocycles. The van der Waals surface area contributed by atoms with Crippen molar-refractivity contribution in [3.63, 3.8) is 0 Å². The van der Waals surface area contributed by atoms with E-state index in [4.69, 9.17) is 9.84 Å². The molecule has 0 aromatic heterocycles.